The lowest BCUT2D eigenvalue weighted by molar-refractivity contribution is 0.414. The Labute approximate surface area is 123 Å². The van der Waals surface area contributed by atoms with Crippen LogP contribution in [-0.4, -0.2) is 22.1 Å². The number of rotatable bonds is 4. The predicted octanol–water partition coefficient (Wildman–Crippen LogP) is 3.14. The van der Waals surface area contributed by atoms with E-state index in [1.165, 1.54) is 0 Å². The van der Waals surface area contributed by atoms with Crippen molar-refractivity contribution in [3.63, 3.8) is 0 Å². The largest absolute Gasteiger partial charge is 0.497 e. The summed E-state index contributed by atoms with van der Waals surface area (Å²) in [5.41, 5.74) is 2.14. The number of methoxy groups -OCH3 is 1. The number of hydrogen-bond donors (Lipinski definition) is 0. The third-order valence-electron chi connectivity index (χ3n) is 3.18. The van der Waals surface area contributed by atoms with Gasteiger partial charge in [-0.3, -0.25) is 0 Å². The Bertz CT molecular complexity index is 712. The van der Waals surface area contributed by atoms with Gasteiger partial charge in [0.1, 0.15) is 17.9 Å². The van der Waals surface area contributed by atoms with Gasteiger partial charge in [0.2, 0.25) is 0 Å². The predicted molar refractivity (Wildman–Crippen MR) is 81.1 cm³/mol. The van der Waals surface area contributed by atoms with Gasteiger partial charge >= 0.3 is 0 Å². The van der Waals surface area contributed by atoms with Crippen molar-refractivity contribution in [2.75, 3.05) is 7.11 Å². The van der Waals surface area contributed by atoms with Gasteiger partial charge in [-0.2, -0.15) is 0 Å². The van der Waals surface area contributed by atoms with Gasteiger partial charge in [-0.05, 0) is 17.7 Å². The summed E-state index contributed by atoms with van der Waals surface area (Å²) in [6.07, 6.45) is 2.24. The molecule has 2 aromatic carbocycles. The Kier molecular flexibility index (Phi) is 3.87. The second kappa shape index (κ2) is 6.13. The van der Waals surface area contributed by atoms with E-state index in [-0.39, 0.29) is 0 Å². The molecule has 0 aliphatic heterocycles. The zero-order chi connectivity index (χ0) is 14.5. The Morgan fingerprint density at radius 3 is 2.38 bits per heavy atom. The van der Waals surface area contributed by atoms with Gasteiger partial charge in [0.05, 0.1) is 7.11 Å². The van der Waals surface area contributed by atoms with Crippen LogP contribution in [-0.2, 0) is 6.42 Å². The first-order chi connectivity index (χ1) is 10.3. The molecule has 0 aliphatic carbocycles. The van der Waals surface area contributed by atoms with E-state index in [1.54, 1.807) is 13.4 Å². The molecule has 0 unspecified atom stereocenters. The molecule has 1 heterocycles. The molecule has 4 heteroatoms. The fraction of sp³-hybridized carbons (Fsp3) is 0.118. The minimum Gasteiger partial charge on any atom is -0.497 e. The van der Waals surface area contributed by atoms with E-state index in [4.69, 9.17) is 4.74 Å². The van der Waals surface area contributed by atoms with Gasteiger partial charge in [0, 0.05) is 12.0 Å². The first-order valence-electron chi connectivity index (χ1n) is 6.71. The van der Waals surface area contributed by atoms with E-state index in [9.17, 15) is 0 Å². The topological polar surface area (TPSA) is 47.9 Å². The summed E-state index contributed by atoms with van der Waals surface area (Å²) >= 11 is 0. The smallest absolute Gasteiger partial charge is 0.163 e. The van der Waals surface area contributed by atoms with E-state index in [0.717, 1.165) is 22.7 Å². The molecular formula is C17H15N3O. The van der Waals surface area contributed by atoms with Gasteiger partial charge in [-0.15, -0.1) is 0 Å². The van der Waals surface area contributed by atoms with Gasteiger partial charge < -0.3 is 4.74 Å². The van der Waals surface area contributed by atoms with E-state index >= 15 is 0 Å². The normalized spacial score (nSPS) is 10.3. The molecule has 0 saturated heterocycles. The summed E-state index contributed by atoms with van der Waals surface area (Å²) in [6, 6.07) is 17.8. The molecule has 1 aromatic heterocycles. The summed E-state index contributed by atoms with van der Waals surface area (Å²) in [6.45, 7) is 0. The van der Waals surface area contributed by atoms with E-state index in [2.05, 4.69) is 15.0 Å². The van der Waals surface area contributed by atoms with E-state index in [0.29, 0.717) is 12.2 Å². The SMILES string of the molecule is COc1ccc(Cc2ncnc(-c3ccccc3)n2)cc1. The van der Waals surface area contributed by atoms with Crippen molar-refractivity contribution < 1.29 is 4.74 Å². The van der Waals surface area contributed by atoms with Crippen molar-refractivity contribution in [3.8, 4) is 17.1 Å². The van der Waals surface area contributed by atoms with Crippen LogP contribution in [0.25, 0.3) is 11.4 Å². The average molecular weight is 277 g/mol. The van der Waals surface area contributed by atoms with Gasteiger partial charge in [-0.1, -0.05) is 42.5 Å². The molecule has 0 spiro atoms. The van der Waals surface area contributed by atoms with Crippen LogP contribution in [0.5, 0.6) is 5.75 Å². The molecule has 104 valence electrons. The summed E-state index contributed by atoms with van der Waals surface area (Å²) in [7, 11) is 1.66. The quantitative estimate of drug-likeness (QED) is 0.735. The van der Waals surface area contributed by atoms with Gasteiger partial charge in [0.15, 0.2) is 5.82 Å². The molecule has 3 rings (SSSR count). The highest BCUT2D eigenvalue weighted by molar-refractivity contribution is 5.53. The monoisotopic (exact) mass is 277 g/mol. The van der Waals surface area contributed by atoms with Crippen LogP contribution in [0.4, 0.5) is 0 Å². The van der Waals surface area contributed by atoms with Gasteiger partial charge in [0.25, 0.3) is 0 Å². The van der Waals surface area contributed by atoms with Crippen LogP contribution in [0.2, 0.25) is 0 Å². The van der Waals surface area contributed by atoms with Crippen molar-refractivity contribution in [3.05, 3.63) is 72.3 Å². The maximum Gasteiger partial charge on any atom is 0.163 e. The third kappa shape index (κ3) is 3.23. The highest BCUT2D eigenvalue weighted by atomic mass is 16.5. The minimum absolute atomic E-state index is 0.673. The number of benzene rings is 2. The Morgan fingerprint density at radius 2 is 1.67 bits per heavy atom. The number of hydrogen-bond acceptors (Lipinski definition) is 4. The molecule has 3 aromatic rings. The summed E-state index contributed by atoms with van der Waals surface area (Å²) in [5.74, 6) is 2.31. The number of nitrogens with zero attached hydrogens (tertiary/aromatic N) is 3. The van der Waals surface area contributed by atoms with Gasteiger partial charge in [-0.25, -0.2) is 15.0 Å². The summed E-state index contributed by atoms with van der Waals surface area (Å²) in [5, 5.41) is 0. The number of aromatic nitrogens is 3. The molecule has 0 fully saturated rings. The maximum atomic E-state index is 5.16. The Hall–Kier alpha value is -2.75. The van der Waals surface area contributed by atoms with E-state index in [1.807, 2.05) is 54.6 Å². The summed E-state index contributed by atoms with van der Waals surface area (Å²) < 4.78 is 5.16. The van der Waals surface area contributed by atoms with Crippen molar-refractivity contribution in [1.29, 1.82) is 0 Å². The molecule has 0 bridgehead atoms. The van der Waals surface area contributed by atoms with Crippen LogP contribution in [0.15, 0.2) is 60.9 Å². The highest BCUT2D eigenvalue weighted by Crippen LogP contribution is 2.16. The molecule has 4 nitrogen and oxygen atoms in total. The molecule has 0 aliphatic rings. The van der Waals surface area contributed by atoms with Crippen molar-refractivity contribution in [2.45, 2.75) is 6.42 Å². The van der Waals surface area contributed by atoms with Crippen LogP contribution >= 0.6 is 0 Å². The number of ether oxygens (including phenoxy) is 1. The average Bonchev–Trinajstić information content (AvgIpc) is 2.57. The molecule has 0 N–H and O–H groups in total. The molecule has 0 saturated carbocycles. The standard InChI is InChI=1S/C17H15N3O/c1-21-15-9-7-13(8-10-15)11-16-18-12-19-17(20-16)14-5-3-2-4-6-14/h2-10,12H,11H2,1H3. The second-order valence-electron chi connectivity index (χ2n) is 4.62. The molecule has 21 heavy (non-hydrogen) atoms. The van der Waals surface area contributed by atoms with Crippen molar-refractivity contribution in [1.82, 2.24) is 15.0 Å². The first kappa shape index (κ1) is 13.2. The second-order valence-corrected chi connectivity index (χ2v) is 4.62. The van der Waals surface area contributed by atoms with Crippen LogP contribution in [0, 0.1) is 0 Å². The first-order valence-corrected chi connectivity index (χ1v) is 6.71. The zero-order valence-corrected chi connectivity index (χ0v) is 11.7. The lowest BCUT2D eigenvalue weighted by Crippen LogP contribution is -2.00. The highest BCUT2D eigenvalue weighted by Gasteiger charge is 2.04. The van der Waals surface area contributed by atoms with Crippen LogP contribution in [0.3, 0.4) is 0 Å². The molecule has 0 radical (unpaired) electrons. The van der Waals surface area contributed by atoms with Crippen molar-refractivity contribution >= 4 is 0 Å². The fourth-order valence-corrected chi connectivity index (χ4v) is 2.07. The zero-order valence-electron chi connectivity index (χ0n) is 11.7. The molecular weight excluding hydrogens is 262 g/mol. The van der Waals surface area contributed by atoms with E-state index < -0.39 is 0 Å². The Morgan fingerprint density at radius 1 is 0.905 bits per heavy atom. The van der Waals surface area contributed by atoms with Crippen molar-refractivity contribution in [2.24, 2.45) is 0 Å². The lowest BCUT2D eigenvalue weighted by Gasteiger charge is -2.04. The van der Waals surface area contributed by atoms with Crippen LogP contribution < -0.4 is 4.74 Å². The molecule has 0 atom stereocenters. The Balaban J connectivity index is 1.83. The lowest BCUT2D eigenvalue weighted by atomic mass is 10.1. The minimum atomic E-state index is 0.673. The van der Waals surface area contributed by atoms with Crippen LogP contribution in [0.1, 0.15) is 11.4 Å². The third-order valence-corrected chi connectivity index (χ3v) is 3.18. The fourth-order valence-electron chi connectivity index (χ4n) is 2.07. The summed E-state index contributed by atoms with van der Waals surface area (Å²) in [4.78, 5) is 13.0. The maximum absolute atomic E-state index is 5.16. The molecule has 0 amide bonds.